The highest BCUT2D eigenvalue weighted by Crippen LogP contribution is 2.17. The third-order valence-corrected chi connectivity index (χ3v) is 1.66. The van der Waals surface area contributed by atoms with Gasteiger partial charge in [0.15, 0.2) is 0 Å². The molecule has 2 nitrogen and oxygen atoms in total. The number of hydrogen-bond acceptors (Lipinski definition) is 2. The van der Waals surface area contributed by atoms with Crippen LogP contribution in [0.5, 0.6) is 0 Å². The van der Waals surface area contributed by atoms with Crippen molar-refractivity contribution < 1.29 is 9.23 Å². The molecule has 0 saturated carbocycles. The zero-order valence-corrected chi connectivity index (χ0v) is 6.96. The second-order valence-electron chi connectivity index (χ2n) is 2.67. The van der Waals surface area contributed by atoms with Gasteiger partial charge >= 0.3 is 0 Å². The fraction of sp³-hybridized carbons (Fsp3) is 0.333. The second kappa shape index (κ2) is 4.18. The van der Waals surface area contributed by atoms with Gasteiger partial charge in [-0.3, -0.25) is 4.84 Å². The molecule has 0 radical (unpaired) electrons. The summed E-state index contributed by atoms with van der Waals surface area (Å²) in [5.41, 5.74) is 1.55. The molecule has 0 saturated heterocycles. The van der Waals surface area contributed by atoms with Crippen molar-refractivity contribution in [1.82, 2.24) is 0 Å². The molecule has 1 unspecified atom stereocenters. The molecule has 0 aliphatic carbocycles. The third-order valence-electron chi connectivity index (χ3n) is 1.66. The molecule has 0 spiro atoms. The molecule has 1 aromatic carbocycles. The molecule has 0 aliphatic rings. The molecule has 0 heterocycles. The van der Waals surface area contributed by atoms with Gasteiger partial charge in [0, 0.05) is 0 Å². The van der Waals surface area contributed by atoms with Crippen LogP contribution in [0.3, 0.4) is 0 Å². The number of halogens is 1. The van der Waals surface area contributed by atoms with E-state index in [2.05, 4.69) is 4.84 Å². The van der Waals surface area contributed by atoms with Crippen molar-refractivity contribution in [3.8, 4) is 0 Å². The lowest BCUT2D eigenvalue weighted by Gasteiger charge is -2.04. The van der Waals surface area contributed by atoms with Crippen molar-refractivity contribution in [3.63, 3.8) is 0 Å². The maximum absolute atomic E-state index is 12.8. The van der Waals surface area contributed by atoms with Gasteiger partial charge in [0.2, 0.25) is 0 Å². The molecule has 66 valence electrons. The third kappa shape index (κ3) is 2.29. The minimum atomic E-state index is -0.942. The Morgan fingerprint density at radius 2 is 2.33 bits per heavy atom. The predicted octanol–water partition coefficient (Wildman–Crippen LogP) is 2.11. The van der Waals surface area contributed by atoms with Gasteiger partial charge in [-0.2, -0.15) is 0 Å². The first-order valence-corrected chi connectivity index (χ1v) is 3.78. The molecule has 12 heavy (non-hydrogen) atoms. The molecule has 0 fully saturated rings. The molecular formula is C9H12FNO. The Hall–Kier alpha value is -0.930. The quantitative estimate of drug-likeness (QED) is 0.703. The number of hydrogen-bond donors (Lipinski definition) is 1. The summed E-state index contributed by atoms with van der Waals surface area (Å²) in [5.74, 6) is 4.89. The van der Waals surface area contributed by atoms with E-state index in [0.29, 0.717) is 12.2 Å². The Morgan fingerprint density at radius 1 is 1.58 bits per heavy atom. The lowest BCUT2D eigenvalue weighted by atomic mass is 10.1. The van der Waals surface area contributed by atoms with Crippen LogP contribution >= 0.6 is 0 Å². The van der Waals surface area contributed by atoms with Crippen molar-refractivity contribution in [1.29, 1.82) is 0 Å². The fourth-order valence-corrected chi connectivity index (χ4v) is 1.03. The van der Waals surface area contributed by atoms with Gasteiger partial charge in [0.05, 0.1) is 6.61 Å². The van der Waals surface area contributed by atoms with Crippen LogP contribution in [0.1, 0.15) is 24.2 Å². The van der Waals surface area contributed by atoms with E-state index in [1.807, 2.05) is 6.07 Å². The van der Waals surface area contributed by atoms with E-state index in [4.69, 9.17) is 5.90 Å². The summed E-state index contributed by atoms with van der Waals surface area (Å²) < 4.78 is 12.8. The SMILES string of the molecule is CC(F)c1cccc(CON)c1. The van der Waals surface area contributed by atoms with Crippen molar-refractivity contribution in [2.45, 2.75) is 19.7 Å². The molecule has 1 rings (SSSR count). The number of nitrogens with two attached hydrogens (primary N) is 1. The summed E-state index contributed by atoms with van der Waals surface area (Å²) in [7, 11) is 0. The van der Waals surface area contributed by atoms with E-state index in [-0.39, 0.29) is 0 Å². The van der Waals surface area contributed by atoms with E-state index < -0.39 is 6.17 Å². The maximum atomic E-state index is 12.8. The first-order chi connectivity index (χ1) is 5.74. The van der Waals surface area contributed by atoms with Crippen LogP contribution in [-0.4, -0.2) is 0 Å². The zero-order chi connectivity index (χ0) is 8.97. The van der Waals surface area contributed by atoms with Gasteiger partial charge in [-0.25, -0.2) is 10.3 Å². The molecule has 0 amide bonds. The minimum Gasteiger partial charge on any atom is -0.300 e. The standard InChI is InChI=1S/C9H12FNO/c1-7(10)9-4-2-3-8(5-9)6-12-11/h2-5,7H,6,11H2,1H3. The topological polar surface area (TPSA) is 35.2 Å². The summed E-state index contributed by atoms with van der Waals surface area (Å²) in [4.78, 5) is 4.44. The van der Waals surface area contributed by atoms with Gasteiger partial charge in [0.25, 0.3) is 0 Å². The van der Waals surface area contributed by atoms with Gasteiger partial charge in [0.1, 0.15) is 6.17 Å². The molecule has 0 aromatic heterocycles. The van der Waals surface area contributed by atoms with Crippen LogP contribution in [0.25, 0.3) is 0 Å². The summed E-state index contributed by atoms with van der Waals surface area (Å²) in [6.45, 7) is 1.82. The minimum absolute atomic E-state index is 0.320. The smallest absolute Gasteiger partial charge is 0.122 e. The number of rotatable bonds is 3. The van der Waals surface area contributed by atoms with Crippen molar-refractivity contribution in [2.75, 3.05) is 0 Å². The monoisotopic (exact) mass is 169 g/mol. The van der Waals surface area contributed by atoms with Crippen LogP contribution in [0, 0.1) is 0 Å². The highest BCUT2D eigenvalue weighted by molar-refractivity contribution is 5.24. The largest absolute Gasteiger partial charge is 0.300 e. The van der Waals surface area contributed by atoms with E-state index in [0.717, 1.165) is 5.56 Å². The molecule has 3 heteroatoms. The van der Waals surface area contributed by atoms with Crippen molar-refractivity contribution in [2.24, 2.45) is 5.90 Å². The average Bonchev–Trinajstić information content (AvgIpc) is 2.05. The van der Waals surface area contributed by atoms with E-state index in [1.54, 1.807) is 18.2 Å². The lowest BCUT2D eigenvalue weighted by molar-refractivity contribution is 0.124. The fourth-order valence-electron chi connectivity index (χ4n) is 1.03. The summed E-state index contributed by atoms with van der Waals surface area (Å²) in [5, 5.41) is 0. The maximum Gasteiger partial charge on any atom is 0.122 e. The van der Waals surface area contributed by atoms with Gasteiger partial charge in [-0.1, -0.05) is 24.3 Å². The number of benzene rings is 1. The van der Waals surface area contributed by atoms with Gasteiger partial charge < -0.3 is 0 Å². The van der Waals surface area contributed by atoms with Gasteiger partial charge in [-0.05, 0) is 18.1 Å². The van der Waals surface area contributed by atoms with Crippen LogP contribution in [0.15, 0.2) is 24.3 Å². The predicted molar refractivity (Wildman–Crippen MR) is 44.9 cm³/mol. The summed E-state index contributed by atoms with van der Waals surface area (Å²) in [6, 6.07) is 7.13. The lowest BCUT2D eigenvalue weighted by Crippen LogP contribution is -1.99. The Morgan fingerprint density at radius 3 is 2.92 bits per heavy atom. The van der Waals surface area contributed by atoms with Crippen LogP contribution in [-0.2, 0) is 11.4 Å². The van der Waals surface area contributed by atoms with E-state index in [1.165, 1.54) is 6.92 Å². The van der Waals surface area contributed by atoms with Crippen LogP contribution in [0.2, 0.25) is 0 Å². The molecular weight excluding hydrogens is 157 g/mol. The first kappa shape index (κ1) is 9.16. The number of alkyl halides is 1. The van der Waals surface area contributed by atoms with Crippen LogP contribution < -0.4 is 5.90 Å². The normalized spacial score (nSPS) is 12.9. The molecule has 2 N–H and O–H groups in total. The second-order valence-corrected chi connectivity index (χ2v) is 2.67. The molecule has 1 atom stereocenters. The van der Waals surface area contributed by atoms with Crippen molar-refractivity contribution in [3.05, 3.63) is 35.4 Å². The van der Waals surface area contributed by atoms with E-state index in [9.17, 15) is 4.39 Å². The first-order valence-electron chi connectivity index (χ1n) is 3.78. The van der Waals surface area contributed by atoms with Crippen molar-refractivity contribution >= 4 is 0 Å². The Kier molecular flexibility index (Phi) is 3.19. The molecule has 1 aromatic rings. The van der Waals surface area contributed by atoms with E-state index >= 15 is 0 Å². The molecule has 0 aliphatic heterocycles. The Balaban J connectivity index is 2.81. The highest BCUT2D eigenvalue weighted by atomic mass is 19.1. The van der Waals surface area contributed by atoms with Crippen LogP contribution in [0.4, 0.5) is 4.39 Å². The summed E-state index contributed by atoms with van der Waals surface area (Å²) >= 11 is 0. The molecule has 0 bridgehead atoms. The average molecular weight is 169 g/mol. The van der Waals surface area contributed by atoms with Gasteiger partial charge in [-0.15, -0.1) is 0 Å². The highest BCUT2D eigenvalue weighted by Gasteiger charge is 2.02. The Labute approximate surface area is 71.1 Å². The Bertz CT molecular complexity index is 250. The summed E-state index contributed by atoms with van der Waals surface area (Å²) in [6.07, 6.45) is -0.942. The zero-order valence-electron chi connectivity index (χ0n) is 6.96.